The molecular formula is C30H29NO5. The molecule has 0 saturated heterocycles. The van der Waals surface area contributed by atoms with Gasteiger partial charge >= 0.3 is 0 Å². The van der Waals surface area contributed by atoms with Crippen molar-refractivity contribution >= 4 is 16.7 Å². The summed E-state index contributed by atoms with van der Waals surface area (Å²) in [6.07, 6.45) is 0.708. The molecule has 6 heteroatoms. The number of rotatable bonds is 7. The van der Waals surface area contributed by atoms with Gasteiger partial charge in [-0.05, 0) is 64.7 Å². The van der Waals surface area contributed by atoms with Gasteiger partial charge in [0.05, 0.1) is 27.4 Å². The number of ether oxygens (including phenoxy) is 4. The topological polar surface area (TPSA) is 57.2 Å². The van der Waals surface area contributed by atoms with Crippen LogP contribution in [0.3, 0.4) is 0 Å². The van der Waals surface area contributed by atoms with Crippen molar-refractivity contribution in [2.75, 3.05) is 34.5 Å². The normalized spacial score (nSPS) is 14.8. The monoisotopic (exact) mass is 483 g/mol. The van der Waals surface area contributed by atoms with Crippen LogP contribution in [0.5, 0.6) is 23.0 Å². The number of carbonyl (C=O) groups is 1. The summed E-state index contributed by atoms with van der Waals surface area (Å²) >= 11 is 0. The summed E-state index contributed by atoms with van der Waals surface area (Å²) in [7, 11) is 4.86. The second-order valence-corrected chi connectivity index (χ2v) is 8.69. The molecule has 6 nitrogen and oxygen atoms in total. The Bertz CT molecular complexity index is 1400. The third kappa shape index (κ3) is 4.42. The Morgan fingerprint density at radius 2 is 1.44 bits per heavy atom. The molecule has 36 heavy (non-hydrogen) atoms. The van der Waals surface area contributed by atoms with Gasteiger partial charge in [0.2, 0.25) is 0 Å². The Morgan fingerprint density at radius 1 is 0.778 bits per heavy atom. The van der Waals surface area contributed by atoms with Crippen molar-refractivity contribution in [2.24, 2.45) is 0 Å². The maximum Gasteiger partial charge on any atom is 0.254 e. The summed E-state index contributed by atoms with van der Waals surface area (Å²) in [6.45, 7) is 0.830. The SMILES string of the molecule is COc1cc2c(cc1OC)[C@@H](COc1ccccc1OC)N(C(=O)c1ccc3ccccc3c1)CC2. The molecule has 0 bridgehead atoms. The van der Waals surface area contributed by atoms with E-state index in [1.807, 2.05) is 83.8 Å². The molecule has 4 aromatic carbocycles. The van der Waals surface area contributed by atoms with E-state index in [4.69, 9.17) is 18.9 Å². The third-order valence-electron chi connectivity index (χ3n) is 6.73. The van der Waals surface area contributed by atoms with Crippen molar-refractivity contribution in [1.29, 1.82) is 0 Å². The lowest BCUT2D eigenvalue weighted by molar-refractivity contribution is 0.0587. The number of hydrogen-bond acceptors (Lipinski definition) is 5. The largest absolute Gasteiger partial charge is 0.493 e. The summed E-state index contributed by atoms with van der Waals surface area (Å²) < 4.78 is 22.8. The van der Waals surface area contributed by atoms with Gasteiger partial charge < -0.3 is 23.8 Å². The average Bonchev–Trinajstić information content (AvgIpc) is 2.94. The summed E-state index contributed by atoms with van der Waals surface area (Å²) in [5, 5.41) is 2.14. The van der Waals surface area contributed by atoms with E-state index in [0.29, 0.717) is 41.5 Å². The smallest absolute Gasteiger partial charge is 0.254 e. The minimum absolute atomic E-state index is 0.0326. The fourth-order valence-corrected chi connectivity index (χ4v) is 4.85. The summed E-state index contributed by atoms with van der Waals surface area (Å²) in [4.78, 5) is 15.8. The maximum atomic E-state index is 13.9. The number of amides is 1. The van der Waals surface area contributed by atoms with Crippen molar-refractivity contribution in [3.05, 3.63) is 95.6 Å². The van der Waals surface area contributed by atoms with Crippen molar-refractivity contribution in [1.82, 2.24) is 4.90 Å². The van der Waals surface area contributed by atoms with E-state index in [0.717, 1.165) is 21.9 Å². The van der Waals surface area contributed by atoms with Gasteiger partial charge in [0.1, 0.15) is 6.61 Å². The molecule has 0 spiro atoms. The summed E-state index contributed by atoms with van der Waals surface area (Å²) in [5.74, 6) is 2.54. The molecule has 1 aliphatic heterocycles. The van der Waals surface area contributed by atoms with E-state index >= 15 is 0 Å². The van der Waals surface area contributed by atoms with Crippen LogP contribution in [0.4, 0.5) is 0 Å². The lowest BCUT2D eigenvalue weighted by Crippen LogP contribution is -2.42. The first-order chi connectivity index (χ1) is 17.6. The minimum Gasteiger partial charge on any atom is -0.493 e. The molecule has 1 aliphatic rings. The maximum absolute atomic E-state index is 13.9. The van der Waals surface area contributed by atoms with Crippen LogP contribution in [0, 0.1) is 0 Å². The second-order valence-electron chi connectivity index (χ2n) is 8.69. The first-order valence-corrected chi connectivity index (χ1v) is 11.9. The van der Waals surface area contributed by atoms with Crippen molar-refractivity contribution < 1.29 is 23.7 Å². The van der Waals surface area contributed by atoms with Gasteiger partial charge in [-0.15, -0.1) is 0 Å². The fraction of sp³-hybridized carbons (Fsp3) is 0.233. The number of nitrogens with zero attached hydrogens (tertiary/aromatic N) is 1. The summed E-state index contributed by atoms with van der Waals surface area (Å²) in [6, 6.07) is 25.1. The van der Waals surface area contributed by atoms with Crippen LogP contribution in [0.2, 0.25) is 0 Å². The van der Waals surface area contributed by atoms with E-state index in [-0.39, 0.29) is 18.6 Å². The van der Waals surface area contributed by atoms with Gasteiger partial charge in [0.15, 0.2) is 23.0 Å². The van der Waals surface area contributed by atoms with E-state index in [2.05, 4.69) is 0 Å². The lowest BCUT2D eigenvalue weighted by atomic mass is 9.91. The van der Waals surface area contributed by atoms with E-state index in [9.17, 15) is 4.79 Å². The third-order valence-corrected chi connectivity index (χ3v) is 6.73. The van der Waals surface area contributed by atoms with Crippen molar-refractivity contribution in [2.45, 2.75) is 12.5 Å². The standard InChI is InChI=1S/C30H29NO5/c1-33-26-10-6-7-11-27(26)36-19-25-24-18-29(35-3)28(34-2)17-22(24)14-15-31(25)30(32)23-13-12-20-8-4-5-9-21(20)16-23/h4-13,16-18,25H,14-15,19H2,1-3H3/t25-/m1/s1. The molecule has 0 saturated carbocycles. The zero-order valence-electron chi connectivity index (χ0n) is 20.7. The van der Waals surface area contributed by atoms with Crippen molar-refractivity contribution in [3.63, 3.8) is 0 Å². The second kappa shape index (κ2) is 10.2. The minimum atomic E-state index is -0.322. The number of para-hydroxylation sites is 2. The van der Waals surface area contributed by atoms with Gasteiger partial charge in [0.25, 0.3) is 5.91 Å². The molecule has 1 amide bonds. The van der Waals surface area contributed by atoms with E-state index in [1.54, 1.807) is 21.3 Å². The predicted molar refractivity (Wildman–Crippen MR) is 139 cm³/mol. The molecule has 0 unspecified atom stereocenters. The highest BCUT2D eigenvalue weighted by atomic mass is 16.5. The van der Waals surface area contributed by atoms with Gasteiger partial charge in [-0.1, -0.05) is 42.5 Å². The van der Waals surface area contributed by atoms with Gasteiger partial charge in [-0.25, -0.2) is 0 Å². The van der Waals surface area contributed by atoms with Crippen LogP contribution in [-0.2, 0) is 6.42 Å². The Labute approximate surface area is 211 Å². The van der Waals surface area contributed by atoms with Crippen molar-refractivity contribution in [3.8, 4) is 23.0 Å². The molecule has 0 fully saturated rings. The molecule has 0 aromatic heterocycles. The van der Waals surface area contributed by atoms with Crippen LogP contribution in [0.25, 0.3) is 10.8 Å². The molecule has 4 aromatic rings. The molecule has 1 heterocycles. The Kier molecular flexibility index (Phi) is 6.67. The first-order valence-electron chi connectivity index (χ1n) is 11.9. The molecule has 0 aliphatic carbocycles. The van der Waals surface area contributed by atoms with Crippen LogP contribution in [0.15, 0.2) is 78.9 Å². The molecule has 5 rings (SSSR count). The van der Waals surface area contributed by atoms with Gasteiger partial charge in [0, 0.05) is 12.1 Å². The molecule has 1 atom stereocenters. The molecule has 0 radical (unpaired) electrons. The average molecular weight is 484 g/mol. The zero-order chi connectivity index (χ0) is 25.1. The van der Waals surface area contributed by atoms with Gasteiger partial charge in [-0.2, -0.15) is 0 Å². The van der Waals surface area contributed by atoms with Crippen LogP contribution in [0.1, 0.15) is 27.5 Å². The van der Waals surface area contributed by atoms with Crippen LogP contribution >= 0.6 is 0 Å². The molecular weight excluding hydrogens is 454 g/mol. The highest BCUT2D eigenvalue weighted by molar-refractivity contribution is 5.99. The van der Waals surface area contributed by atoms with Crippen LogP contribution < -0.4 is 18.9 Å². The number of benzene rings is 4. The number of hydrogen-bond donors (Lipinski definition) is 0. The lowest BCUT2D eigenvalue weighted by Gasteiger charge is -2.37. The van der Waals surface area contributed by atoms with E-state index in [1.165, 1.54) is 0 Å². The highest BCUT2D eigenvalue weighted by Crippen LogP contribution is 2.39. The highest BCUT2D eigenvalue weighted by Gasteiger charge is 2.33. The molecule has 0 N–H and O–H groups in total. The quantitative estimate of drug-likeness (QED) is 0.338. The molecule has 184 valence electrons. The van der Waals surface area contributed by atoms with Crippen LogP contribution in [-0.4, -0.2) is 45.3 Å². The summed E-state index contributed by atoms with van der Waals surface area (Å²) in [5.41, 5.74) is 2.76. The van der Waals surface area contributed by atoms with Gasteiger partial charge in [-0.3, -0.25) is 4.79 Å². The Hall–Kier alpha value is -4.19. The predicted octanol–water partition coefficient (Wildman–Crippen LogP) is 5.68. The Morgan fingerprint density at radius 3 is 2.19 bits per heavy atom. The number of methoxy groups -OCH3 is 3. The Balaban J connectivity index is 1.53. The van der Waals surface area contributed by atoms with E-state index < -0.39 is 0 Å². The first kappa shape index (κ1) is 23.5. The fourth-order valence-electron chi connectivity index (χ4n) is 4.85. The number of carbonyl (C=O) groups excluding carboxylic acids is 1. The zero-order valence-corrected chi connectivity index (χ0v) is 20.7. The number of fused-ring (bicyclic) bond motifs is 2.